The zero-order valence-corrected chi connectivity index (χ0v) is 8.79. The van der Waals surface area contributed by atoms with Crippen LogP contribution in [0.3, 0.4) is 0 Å². The van der Waals surface area contributed by atoms with Crippen LogP contribution in [-0.2, 0) is 0 Å². The van der Waals surface area contributed by atoms with Gasteiger partial charge in [-0.3, -0.25) is 0 Å². The molecule has 1 radical (unpaired) electrons. The summed E-state index contributed by atoms with van der Waals surface area (Å²) in [5, 5.41) is 0. The number of hydrogen-bond donors (Lipinski definition) is 0. The summed E-state index contributed by atoms with van der Waals surface area (Å²) in [7, 11) is 3.19. The topological polar surface area (TPSA) is 27.7 Å². The van der Waals surface area contributed by atoms with Crippen LogP contribution in [-0.4, -0.2) is 20.8 Å². The van der Waals surface area contributed by atoms with Gasteiger partial charge in [0.25, 0.3) is 0 Å². The van der Waals surface area contributed by atoms with Crippen LogP contribution in [0.5, 0.6) is 17.2 Å². The molecule has 0 aliphatic carbocycles. The van der Waals surface area contributed by atoms with Gasteiger partial charge in [-0.1, -0.05) is 0 Å². The summed E-state index contributed by atoms with van der Waals surface area (Å²) in [5.41, 5.74) is 0.796. The second-order valence-corrected chi connectivity index (χ2v) is 2.75. The van der Waals surface area contributed by atoms with E-state index in [2.05, 4.69) is 6.92 Å². The lowest BCUT2D eigenvalue weighted by molar-refractivity contribution is 0.326. The van der Waals surface area contributed by atoms with E-state index in [4.69, 9.17) is 14.2 Å². The molecule has 0 atom stereocenters. The maximum Gasteiger partial charge on any atom is 0.164 e. The average molecular weight is 195 g/mol. The zero-order chi connectivity index (χ0) is 10.6. The molecule has 1 aromatic rings. The molecule has 1 rings (SSSR count). The van der Waals surface area contributed by atoms with Crippen molar-refractivity contribution in [2.75, 3.05) is 20.8 Å². The van der Waals surface area contributed by atoms with Crippen LogP contribution in [0, 0.1) is 6.92 Å². The number of rotatable bonds is 4. The Hall–Kier alpha value is -1.38. The molecule has 0 aliphatic rings. The molecule has 0 aliphatic heterocycles. The first-order chi connectivity index (χ1) is 6.72. The van der Waals surface area contributed by atoms with Crippen LogP contribution in [0.2, 0.25) is 0 Å². The molecule has 1 aromatic carbocycles. The summed E-state index contributed by atoms with van der Waals surface area (Å²) in [6.45, 7) is 6.40. The summed E-state index contributed by atoms with van der Waals surface area (Å²) in [6.07, 6.45) is 0. The first-order valence-electron chi connectivity index (χ1n) is 4.43. The minimum Gasteiger partial charge on any atom is -0.493 e. The van der Waals surface area contributed by atoms with Crippen molar-refractivity contribution >= 4 is 0 Å². The molecule has 0 saturated carbocycles. The van der Waals surface area contributed by atoms with Gasteiger partial charge >= 0.3 is 0 Å². The van der Waals surface area contributed by atoms with E-state index in [9.17, 15) is 0 Å². The number of ether oxygens (including phenoxy) is 3. The average Bonchev–Trinajstić information content (AvgIpc) is 2.20. The summed E-state index contributed by atoms with van der Waals surface area (Å²) in [5.74, 6) is 2.05. The fourth-order valence-corrected chi connectivity index (χ4v) is 1.19. The zero-order valence-electron chi connectivity index (χ0n) is 8.79. The van der Waals surface area contributed by atoms with E-state index in [1.54, 1.807) is 26.4 Å². The van der Waals surface area contributed by atoms with E-state index in [1.807, 2.05) is 6.92 Å². The molecule has 0 bridgehead atoms. The van der Waals surface area contributed by atoms with E-state index in [0.717, 1.165) is 11.3 Å². The highest BCUT2D eigenvalue weighted by atomic mass is 16.5. The maximum atomic E-state index is 5.38. The highest BCUT2D eigenvalue weighted by Gasteiger charge is 2.08. The van der Waals surface area contributed by atoms with Gasteiger partial charge in [-0.2, -0.15) is 0 Å². The highest BCUT2D eigenvalue weighted by molar-refractivity contribution is 5.51. The molecule has 0 N–H and O–H groups in total. The normalized spacial score (nSPS) is 9.71. The van der Waals surface area contributed by atoms with Crippen molar-refractivity contribution in [3.63, 3.8) is 0 Å². The number of methoxy groups -OCH3 is 2. The second kappa shape index (κ2) is 4.74. The Morgan fingerprint density at radius 2 is 1.64 bits per heavy atom. The predicted octanol–water partition coefficient (Wildman–Crippen LogP) is 2.28. The van der Waals surface area contributed by atoms with Crippen molar-refractivity contribution in [1.82, 2.24) is 0 Å². The monoisotopic (exact) mass is 195 g/mol. The summed E-state index contributed by atoms with van der Waals surface area (Å²) >= 11 is 0. The molecule has 14 heavy (non-hydrogen) atoms. The van der Waals surface area contributed by atoms with Crippen molar-refractivity contribution in [1.29, 1.82) is 0 Å². The lowest BCUT2D eigenvalue weighted by Crippen LogP contribution is -1.97. The summed E-state index contributed by atoms with van der Waals surface area (Å²) in [4.78, 5) is 0. The third-order valence-electron chi connectivity index (χ3n) is 1.87. The van der Waals surface area contributed by atoms with E-state index in [0.29, 0.717) is 18.1 Å². The smallest absolute Gasteiger partial charge is 0.164 e. The third kappa shape index (κ3) is 2.10. The van der Waals surface area contributed by atoms with Gasteiger partial charge in [0.15, 0.2) is 11.5 Å². The van der Waals surface area contributed by atoms with Crippen molar-refractivity contribution < 1.29 is 14.2 Å². The highest BCUT2D eigenvalue weighted by Crippen LogP contribution is 2.33. The quantitative estimate of drug-likeness (QED) is 0.737. The van der Waals surface area contributed by atoms with Crippen molar-refractivity contribution in [3.8, 4) is 17.2 Å². The van der Waals surface area contributed by atoms with Crippen LogP contribution in [0.4, 0.5) is 0 Å². The molecule has 3 nitrogen and oxygen atoms in total. The lowest BCUT2D eigenvalue weighted by atomic mass is 10.2. The molecular weight excluding hydrogens is 180 g/mol. The maximum absolute atomic E-state index is 5.38. The Bertz CT molecular complexity index is 308. The van der Waals surface area contributed by atoms with Gasteiger partial charge < -0.3 is 14.2 Å². The van der Waals surface area contributed by atoms with E-state index in [-0.39, 0.29) is 0 Å². The van der Waals surface area contributed by atoms with Gasteiger partial charge in [0, 0.05) is 6.07 Å². The standard InChI is InChI=1S/C11H15O3/c1-5-14-9-7-11(13-4)10(12-3)6-8(9)2/h6-7H,2,5H2,1,3-4H3. The molecule has 0 amide bonds. The van der Waals surface area contributed by atoms with Crippen molar-refractivity contribution in [2.24, 2.45) is 0 Å². The molecule has 0 saturated heterocycles. The largest absolute Gasteiger partial charge is 0.493 e. The Labute approximate surface area is 84.6 Å². The third-order valence-corrected chi connectivity index (χ3v) is 1.87. The van der Waals surface area contributed by atoms with Gasteiger partial charge in [0.05, 0.1) is 20.8 Å². The van der Waals surface area contributed by atoms with E-state index in [1.165, 1.54) is 0 Å². The molecule has 3 heteroatoms. The Morgan fingerprint density at radius 1 is 1.07 bits per heavy atom. The minimum atomic E-state index is 0.609. The fraction of sp³-hybridized carbons (Fsp3) is 0.364. The van der Waals surface area contributed by atoms with Gasteiger partial charge in [-0.15, -0.1) is 0 Å². The summed E-state index contributed by atoms with van der Waals surface area (Å²) < 4.78 is 15.7. The van der Waals surface area contributed by atoms with Gasteiger partial charge in [0.2, 0.25) is 0 Å². The SMILES string of the molecule is [CH2]c1cc(OC)c(OC)cc1OCC. The Kier molecular flexibility index (Phi) is 3.63. The fourth-order valence-electron chi connectivity index (χ4n) is 1.19. The van der Waals surface area contributed by atoms with Gasteiger partial charge in [-0.05, 0) is 25.5 Å². The molecule has 0 heterocycles. The second-order valence-electron chi connectivity index (χ2n) is 2.75. The van der Waals surface area contributed by atoms with Crippen LogP contribution in [0.15, 0.2) is 12.1 Å². The van der Waals surface area contributed by atoms with Gasteiger partial charge in [0.1, 0.15) is 5.75 Å². The molecule has 0 spiro atoms. The molecule has 0 unspecified atom stereocenters. The first kappa shape index (κ1) is 10.7. The van der Waals surface area contributed by atoms with Crippen LogP contribution in [0.25, 0.3) is 0 Å². The molecule has 77 valence electrons. The van der Waals surface area contributed by atoms with Crippen LogP contribution < -0.4 is 14.2 Å². The summed E-state index contributed by atoms with van der Waals surface area (Å²) in [6, 6.07) is 3.58. The van der Waals surface area contributed by atoms with E-state index >= 15 is 0 Å². The number of benzene rings is 1. The molecular formula is C11H15O3. The van der Waals surface area contributed by atoms with Gasteiger partial charge in [-0.25, -0.2) is 0 Å². The predicted molar refractivity (Wildman–Crippen MR) is 55.2 cm³/mol. The van der Waals surface area contributed by atoms with Crippen molar-refractivity contribution in [3.05, 3.63) is 24.6 Å². The van der Waals surface area contributed by atoms with Crippen LogP contribution in [0.1, 0.15) is 12.5 Å². The molecule has 0 fully saturated rings. The Balaban J connectivity index is 3.09. The first-order valence-corrected chi connectivity index (χ1v) is 4.43. The minimum absolute atomic E-state index is 0.609. The molecule has 0 aromatic heterocycles. The lowest BCUT2D eigenvalue weighted by Gasteiger charge is -2.12. The Morgan fingerprint density at radius 3 is 2.14 bits per heavy atom. The van der Waals surface area contributed by atoms with Crippen molar-refractivity contribution in [2.45, 2.75) is 6.92 Å². The number of hydrogen-bond acceptors (Lipinski definition) is 3. The van der Waals surface area contributed by atoms with E-state index < -0.39 is 0 Å². The van der Waals surface area contributed by atoms with Crippen LogP contribution >= 0.6 is 0 Å².